The van der Waals surface area contributed by atoms with E-state index in [4.69, 9.17) is 4.42 Å². The molecule has 0 saturated heterocycles. The van der Waals surface area contributed by atoms with Crippen LogP contribution in [0.4, 0.5) is 0 Å². The monoisotopic (exact) mass is 488 g/mol. The van der Waals surface area contributed by atoms with E-state index in [2.05, 4.69) is 44.5 Å². The molecule has 8 nitrogen and oxygen atoms in total. The molecular formula is C24H20N6O2S2. The second-order valence-corrected chi connectivity index (χ2v) is 9.28. The fourth-order valence-corrected chi connectivity index (χ4v) is 4.99. The number of thioether (sulfide) groups is 1. The van der Waals surface area contributed by atoms with Gasteiger partial charge in [0.15, 0.2) is 11.0 Å². The van der Waals surface area contributed by atoms with Gasteiger partial charge in [0.05, 0.1) is 18.6 Å². The van der Waals surface area contributed by atoms with E-state index in [1.807, 2.05) is 34.9 Å². The number of aryl methyl sites for hydroxylation is 1. The van der Waals surface area contributed by atoms with Crippen molar-refractivity contribution in [1.29, 1.82) is 0 Å². The van der Waals surface area contributed by atoms with E-state index >= 15 is 0 Å². The summed E-state index contributed by atoms with van der Waals surface area (Å²) in [5.41, 5.74) is 3.42. The van der Waals surface area contributed by atoms with Crippen LogP contribution in [0.5, 0.6) is 0 Å². The van der Waals surface area contributed by atoms with Crippen LogP contribution in [0, 0.1) is 6.92 Å². The summed E-state index contributed by atoms with van der Waals surface area (Å²) in [6, 6.07) is 15.7. The standard InChI is InChI=1S/C24H20N6O2S2/c1-16-6-8-18(9-7-16)30-22(17-4-2-10-25-12-17)28-29-24(30)34-15-21-27-20(14-33-21)23(31)26-13-19-5-3-11-32-19/h2-12,14H,13,15H2,1H3,(H,26,31). The number of benzene rings is 1. The van der Waals surface area contributed by atoms with E-state index in [9.17, 15) is 4.79 Å². The Morgan fingerprint density at radius 3 is 2.79 bits per heavy atom. The number of nitrogens with zero attached hydrogens (tertiary/aromatic N) is 5. The fourth-order valence-electron chi connectivity index (χ4n) is 3.25. The Labute approximate surface area is 204 Å². The van der Waals surface area contributed by atoms with Gasteiger partial charge < -0.3 is 9.73 Å². The van der Waals surface area contributed by atoms with Crippen molar-refractivity contribution >= 4 is 29.0 Å². The molecule has 0 atom stereocenters. The van der Waals surface area contributed by atoms with Gasteiger partial charge in [-0.1, -0.05) is 29.5 Å². The zero-order valence-corrected chi connectivity index (χ0v) is 19.8. The van der Waals surface area contributed by atoms with Crippen molar-refractivity contribution in [2.75, 3.05) is 0 Å². The molecule has 4 heterocycles. The second-order valence-electron chi connectivity index (χ2n) is 7.40. The van der Waals surface area contributed by atoms with E-state index in [1.54, 1.807) is 30.1 Å². The Kier molecular flexibility index (Phi) is 6.50. The average Bonchev–Trinajstić information content (AvgIpc) is 3.63. The van der Waals surface area contributed by atoms with Gasteiger partial charge in [0.1, 0.15) is 16.5 Å². The number of amides is 1. The quantitative estimate of drug-likeness (QED) is 0.310. The van der Waals surface area contributed by atoms with Gasteiger partial charge in [0.2, 0.25) is 0 Å². The zero-order chi connectivity index (χ0) is 23.3. The van der Waals surface area contributed by atoms with Gasteiger partial charge in [-0.3, -0.25) is 14.3 Å². The largest absolute Gasteiger partial charge is 0.467 e. The summed E-state index contributed by atoms with van der Waals surface area (Å²) >= 11 is 2.96. The van der Waals surface area contributed by atoms with Crippen molar-refractivity contribution in [1.82, 2.24) is 30.0 Å². The first-order valence-electron chi connectivity index (χ1n) is 10.5. The molecule has 0 spiro atoms. The highest BCUT2D eigenvalue weighted by atomic mass is 32.2. The van der Waals surface area contributed by atoms with Crippen molar-refractivity contribution in [2.24, 2.45) is 0 Å². The van der Waals surface area contributed by atoms with Crippen LogP contribution >= 0.6 is 23.1 Å². The van der Waals surface area contributed by atoms with Gasteiger partial charge >= 0.3 is 0 Å². The van der Waals surface area contributed by atoms with Crippen LogP contribution in [0.25, 0.3) is 17.1 Å². The third kappa shape index (κ3) is 4.92. The number of furan rings is 1. The summed E-state index contributed by atoms with van der Waals surface area (Å²) in [6.07, 6.45) is 5.09. The van der Waals surface area contributed by atoms with E-state index < -0.39 is 0 Å². The lowest BCUT2D eigenvalue weighted by Gasteiger charge is -2.10. The number of hydrogen-bond acceptors (Lipinski definition) is 8. The minimum Gasteiger partial charge on any atom is -0.467 e. The minimum atomic E-state index is -0.231. The molecule has 1 aromatic carbocycles. The molecule has 0 radical (unpaired) electrons. The average molecular weight is 489 g/mol. The van der Waals surface area contributed by atoms with Crippen LogP contribution in [-0.4, -0.2) is 30.6 Å². The summed E-state index contributed by atoms with van der Waals surface area (Å²) in [4.78, 5) is 21.1. The molecule has 0 bridgehead atoms. The van der Waals surface area contributed by atoms with Crippen molar-refractivity contribution in [3.63, 3.8) is 0 Å². The first-order valence-corrected chi connectivity index (χ1v) is 12.3. The molecule has 1 N–H and O–H groups in total. The maximum absolute atomic E-state index is 12.4. The van der Waals surface area contributed by atoms with Crippen molar-refractivity contribution < 1.29 is 9.21 Å². The predicted molar refractivity (Wildman–Crippen MR) is 131 cm³/mol. The number of carbonyl (C=O) groups excluding carboxylic acids is 1. The van der Waals surface area contributed by atoms with E-state index in [0.29, 0.717) is 23.8 Å². The third-order valence-electron chi connectivity index (χ3n) is 4.96. The second kappa shape index (κ2) is 10.0. The molecule has 0 aliphatic carbocycles. The van der Waals surface area contributed by atoms with Gasteiger partial charge in [-0.25, -0.2) is 4.98 Å². The Hall–Kier alpha value is -3.76. The van der Waals surface area contributed by atoms with Gasteiger partial charge in [-0.15, -0.1) is 21.5 Å². The van der Waals surface area contributed by atoms with Crippen LogP contribution in [0.15, 0.2) is 82.1 Å². The molecule has 34 heavy (non-hydrogen) atoms. The lowest BCUT2D eigenvalue weighted by Crippen LogP contribution is -2.22. The molecular weight excluding hydrogens is 468 g/mol. The first-order chi connectivity index (χ1) is 16.7. The molecule has 0 saturated carbocycles. The zero-order valence-electron chi connectivity index (χ0n) is 18.2. The molecule has 0 aliphatic rings. The number of rotatable bonds is 8. The highest BCUT2D eigenvalue weighted by molar-refractivity contribution is 7.98. The van der Waals surface area contributed by atoms with Crippen molar-refractivity contribution in [3.05, 3.63) is 94.6 Å². The van der Waals surface area contributed by atoms with E-state index in [-0.39, 0.29) is 5.91 Å². The normalized spacial score (nSPS) is 11.0. The maximum Gasteiger partial charge on any atom is 0.271 e. The van der Waals surface area contributed by atoms with Crippen molar-refractivity contribution in [2.45, 2.75) is 24.4 Å². The summed E-state index contributed by atoms with van der Waals surface area (Å²) < 4.78 is 7.27. The van der Waals surface area contributed by atoms with Gasteiger partial charge in [-0.2, -0.15) is 0 Å². The Morgan fingerprint density at radius 1 is 1.15 bits per heavy atom. The van der Waals surface area contributed by atoms with Crippen LogP contribution in [-0.2, 0) is 12.3 Å². The number of pyridine rings is 1. The molecule has 0 fully saturated rings. The van der Waals surface area contributed by atoms with Crippen LogP contribution in [0.2, 0.25) is 0 Å². The minimum absolute atomic E-state index is 0.231. The molecule has 4 aromatic heterocycles. The number of aromatic nitrogens is 5. The lowest BCUT2D eigenvalue weighted by atomic mass is 10.2. The smallest absolute Gasteiger partial charge is 0.271 e. The van der Waals surface area contributed by atoms with E-state index in [1.165, 1.54) is 28.7 Å². The maximum atomic E-state index is 12.4. The van der Waals surface area contributed by atoms with Crippen LogP contribution < -0.4 is 5.32 Å². The fraction of sp³-hybridized carbons (Fsp3) is 0.125. The third-order valence-corrected chi connectivity index (χ3v) is 6.93. The predicted octanol–water partition coefficient (Wildman–Crippen LogP) is 4.91. The van der Waals surface area contributed by atoms with Gasteiger partial charge in [0.25, 0.3) is 5.91 Å². The van der Waals surface area contributed by atoms with Crippen LogP contribution in [0.3, 0.4) is 0 Å². The van der Waals surface area contributed by atoms with Gasteiger partial charge in [0, 0.05) is 29.0 Å². The molecule has 1 amide bonds. The number of thiazole rings is 1. The number of carbonyl (C=O) groups is 1. The highest BCUT2D eigenvalue weighted by Gasteiger charge is 2.18. The molecule has 0 unspecified atom stereocenters. The Balaban J connectivity index is 1.33. The lowest BCUT2D eigenvalue weighted by molar-refractivity contribution is 0.0943. The first kappa shape index (κ1) is 22.1. The SMILES string of the molecule is Cc1ccc(-n2c(SCc3nc(C(=O)NCc4ccco4)cs3)nnc2-c2cccnc2)cc1. The Bertz CT molecular complexity index is 1380. The molecule has 0 aliphatic heterocycles. The van der Waals surface area contributed by atoms with Crippen LogP contribution in [0.1, 0.15) is 26.8 Å². The summed E-state index contributed by atoms with van der Waals surface area (Å²) in [7, 11) is 0. The van der Waals surface area contributed by atoms with Crippen molar-refractivity contribution in [3.8, 4) is 17.1 Å². The highest BCUT2D eigenvalue weighted by Crippen LogP contribution is 2.30. The molecule has 10 heteroatoms. The van der Waals surface area contributed by atoms with E-state index in [0.717, 1.165) is 27.2 Å². The summed E-state index contributed by atoms with van der Waals surface area (Å²) in [5.74, 6) is 1.74. The molecule has 5 rings (SSSR count). The Morgan fingerprint density at radius 2 is 2.03 bits per heavy atom. The van der Waals surface area contributed by atoms with Gasteiger partial charge in [-0.05, 0) is 43.3 Å². The topological polar surface area (TPSA) is 98.7 Å². The number of hydrogen-bond donors (Lipinski definition) is 1. The summed E-state index contributed by atoms with van der Waals surface area (Å²) in [5, 5.41) is 15.0. The molecule has 5 aromatic rings. The molecule has 170 valence electrons. The summed E-state index contributed by atoms with van der Waals surface area (Å²) in [6.45, 7) is 2.38. The number of nitrogens with one attached hydrogen (secondary N) is 1.